The van der Waals surface area contributed by atoms with Crippen LogP contribution < -0.4 is 5.73 Å². The van der Waals surface area contributed by atoms with Gasteiger partial charge in [-0.05, 0) is 6.92 Å². The van der Waals surface area contributed by atoms with E-state index in [1.807, 2.05) is 20.8 Å². The van der Waals surface area contributed by atoms with Crippen molar-refractivity contribution < 1.29 is 9.90 Å². The third-order valence-corrected chi connectivity index (χ3v) is 3.55. The smallest absolute Gasteiger partial charge is 0.321 e. The third-order valence-electron chi connectivity index (χ3n) is 2.30. The van der Waals surface area contributed by atoms with E-state index in [4.69, 9.17) is 10.8 Å². The van der Waals surface area contributed by atoms with Crippen LogP contribution in [0.5, 0.6) is 0 Å². The summed E-state index contributed by atoms with van der Waals surface area (Å²) in [4.78, 5) is 15.8. The maximum absolute atomic E-state index is 10.8. The monoisotopic (exact) mass is 214 g/mol. The third kappa shape index (κ3) is 1.93. The Balaban J connectivity index is 3.01. The molecule has 0 spiro atoms. The lowest BCUT2D eigenvalue weighted by Gasteiger charge is -2.26. The Morgan fingerprint density at radius 1 is 1.71 bits per heavy atom. The highest BCUT2D eigenvalue weighted by molar-refractivity contribution is 7.11. The molecule has 78 valence electrons. The van der Waals surface area contributed by atoms with Crippen LogP contribution in [0.4, 0.5) is 0 Å². The van der Waals surface area contributed by atoms with Crippen molar-refractivity contribution in [3.63, 3.8) is 0 Å². The molecule has 0 aliphatic rings. The molecule has 1 unspecified atom stereocenters. The Morgan fingerprint density at radius 2 is 2.29 bits per heavy atom. The first kappa shape index (κ1) is 11.1. The number of aromatic nitrogens is 1. The van der Waals surface area contributed by atoms with E-state index in [0.29, 0.717) is 0 Å². The largest absolute Gasteiger partial charge is 0.480 e. The minimum atomic E-state index is -0.985. The number of hydrogen-bond acceptors (Lipinski definition) is 4. The molecule has 4 nitrogen and oxygen atoms in total. The van der Waals surface area contributed by atoms with Gasteiger partial charge in [0.2, 0.25) is 0 Å². The van der Waals surface area contributed by atoms with E-state index >= 15 is 0 Å². The summed E-state index contributed by atoms with van der Waals surface area (Å²) in [6.45, 7) is 5.52. The topological polar surface area (TPSA) is 76.2 Å². The Bertz CT molecular complexity index is 346. The number of aryl methyl sites for hydroxylation is 1. The first-order chi connectivity index (χ1) is 6.35. The molecule has 0 saturated carbocycles. The lowest BCUT2D eigenvalue weighted by molar-refractivity contribution is -0.140. The second kappa shape index (κ2) is 3.67. The van der Waals surface area contributed by atoms with Crippen LogP contribution in [0.1, 0.15) is 23.7 Å². The molecule has 14 heavy (non-hydrogen) atoms. The van der Waals surface area contributed by atoms with Crippen LogP contribution >= 0.6 is 11.3 Å². The molecule has 1 aromatic heterocycles. The average Bonchev–Trinajstić information content (AvgIpc) is 2.50. The van der Waals surface area contributed by atoms with Crippen molar-refractivity contribution in [2.75, 3.05) is 0 Å². The Morgan fingerprint density at radius 3 is 2.64 bits per heavy atom. The normalized spacial score (nSPS) is 14.0. The van der Waals surface area contributed by atoms with Crippen LogP contribution in [0, 0.1) is 6.92 Å². The van der Waals surface area contributed by atoms with Crippen LogP contribution in [-0.4, -0.2) is 22.1 Å². The number of thiazole rings is 1. The zero-order valence-electron chi connectivity index (χ0n) is 8.44. The van der Waals surface area contributed by atoms with Crippen molar-refractivity contribution in [1.29, 1.82) is 0 Å². The number of nitrogens with two attached hydrogens (primary N) is 1. The van der Waals surface area contributed by atoms with Crippen molar-refractivity contribution in [3.05, 3.63) is 16.1 Å². The number of carboxylic acids is 1. The molecule has 0 amide bonds. The highest BCUT2D eigenvalue weighted by atomic mass is 32.1. The van der Waals surface area contributed by atoms with Crippen LogP contribution in [-0.2, 0) is 10.2 Å². The van der Waals surface area contributed by atoms with E-state index in [0.717, 1.165) is 9.88 Å². The van der Waals surface area contributed by atoms with E-state index < -0.39 is 17.4 Å². The fourth-order valence-corrected chi connectivity index (χ4v) is 2.04. The quantitative estimate of drug-likeness (QED) is 0.791. The Kier molecular flexibility index (Phi) is 2.92. The van der Waals surface area contributed by atoms with Gasteiger partial charge in [0, 0.05) is 16.5 Å². The molecule has 1 atom stereocenters. The number of carboxylic acid groups (broad SMARTS) is 1. The molecular weight excluding hydrogens is 200 g/mol. The predicted octanol–water partition coefficient (Wildman–Crippen LogP) is 1.14. The summed E-state index contributed by atoms with van der Waals surface area (Å²) in [6.07, 6.45) is 1.70. The van der Waals surface area contributed by atoms with Gasteiger partial charge < -0.3 is 10.8 Å². The first-order valence-electron chi connectivity index (χ1n) is 4.27. The van der Waals surface area contributed by atoms with Gasteiger partial charge in [0.15, 0.2) is 0 Å². The van der Waals surface area contributed by atoms with Gasteiger partial charge in [-0.1, -0.05) is 13.8 Å². The van der Waals surface area contributed by atoms with E-state index in [9.17, 15) is 4.79 Å². The molecule has 5 heteroatoms. The fourth-order valence-electron chi connectivity index (χ4n) is 1.12. The highest BCUT2D eigenvalue weighted by Gasteiger charge is 2.35. The molecule has 1 heterocycles. The molecule has 1 rings (SSSR count). The number of nitrogens with zero attached hydrogens (tertiary/aromatic N) is 1. The first-order valence-corrected chi connectivity index (χ1v) is 5.08. The van der Waals surface area contributed by atoms with E-state index in [1.165, 1.54) is 11.3 Å². The van der Waals surface area contributed by atoms with Crippen molar-refractivity contribution >= 4 is 17.3 Å². The molecule has 0 aromatic carbocycles. The van der Waals surface area contributed by atoms with Gasteiger partial charge in [-0.2, -0.15) is 0 Å². The zero-order chi connectivity index (χ0) is 10.9. The average molecular weight is 214 g/mol. The number of hydrogen-bond donors (Lipinski definition) is 2. The van der Waals surface area contributed by atoms with Gasteiger partial charge >= 0.3 is 5.97 Å². The van der Waals surface area contributed by atoms with E-state index in [-0.39, 0.29) is 0 Å². The minimum Gasteiger partial charge on any atom is -0.480 e. The summed E-state index contributed by atoms with van der Waals surface area (Å²) < 4.78 is 0. The molecule has 0 saturated heterocycles. The Hall–Kier alpha value is -0.940. The van der Waals surface area contributed by atoms with Crippen LogP contribution in [0.3, 0.4) is 0 Å². The molecule has 0 fully saturated rings. The lowest BCUT2D eigenvalue weighted by Crippen LogP contribution is -2.46. The fraction of sp³-hybridized carbons (Fsp3) is 0.556. The van der Waals surface area contributed by atoms with Gasteiger partial charge in [-0.3, -0.25) is 4.79 Å². The standard InChI is InChI=1S/C9H14N2O2S/c1-5-11-4-6(14-5)9(2,3)7(10)8(12)13/h4,7H,10H2,1-3H3,(H,12,13). The molecular formula is C9H14N2O2S. The predicted molar refractivity (Wildman–Crippen MR) is 55.5 cm³/mol. The van der Waals surface area contributed by atoms with Crippen molar-refractivity contribution in [1.82, 2.24) is 4.98 Å². The molecule has 0 aliphatic heterocycles. The maximum atomic E-state index is 10.8. The van der Waals surface area contributed by atoms with E-state index in [2.05, 4.69) is 4.98 Å². The van der Waals surface area contributed by atoms with Crippen molar-refractivity contribution in [2.24, 2.45) is 5.73 Å². The second-order valence-corrected chi connectivity index (χ2v) is 5.02. The van der Waals surface area contributed by atoms with Gasteiger partial charge in [0.25, 0.3) is 0 Å². The molecule has 1 aromatic rings. The molecule has 3 N–H and O–H groups in total. The maximum Gasteiger partial charge on any atom is 0.321 e. The summed E-state index contributed by atoms with van der Waals surface area (Å²) in [6, 6.07) is -0.901. The van der Waals surface area contributed by atoms with Gasteiger partial charge in [0.05, 0.1) is 5.01 Å². The van der Waals surface area contributed by atoms with Crippen LogP contribution in [0.25, 0.3) is 0 Å². The molecule has 0 radical (unpaired) electrons. The van der Waals surface area contributed by atoms with E-state index in [1.54, 1.807) is 6.20 Å². The van der Waals surface area contributed by atoms with Gasteiger partial charge in [-0.15, -0.1) is 11.3 Å². The summed E-state index contributed by atoms with van der Waals surface area (Å²) in [5, 5.41) is 9.77. The summed E-state index contributed by atoms with van der Waals surface area (Å²) in [5.74, 6) is -0.985. The van der Waals surface area contributed by atoms with Gasteiger partial charge in [0.1, 0.15) is 6.04 Å². The molecule has 0 aliphatic carbocycles. The summed E-state index contributed by atoms with van der Waals surface area (Å²) in [5.41, 5.74) is 5.04. The Labute approximate surface area is 86.8 Å². The van der Waals surface area contributed by atoms with Gasteiger partial charge in [-0.25, -0.2) is 4.98 Å². The van der Waals surface area contributed by atoms with Crippen molar-refractivity contribution in [3.8, 4) is 0 Å². The highest BCUT2D eigenvalue weighted by Crippen LogP contribution is 2.30. The number of rotatable bonds is 3. The lowest BCUT2D eigenvalue weighted by atomic mass is 9.84. The number of carbonyl (C=O) groups is 1. The second-order valence-electron chi connectivity index (χ2n) is 3.78. The molecule has 0 bridgehead atoms. The summed E-state index contributed by atoms with van der Waals surface area (Å²) in [7, 11) is 0. The van der Waals surface area contributed by atoms with Crippen LogP contribution in [0.2, 0.25) is 0 Å². The van der Waals surface area contributed by atoms with Crippen LogP contribution in [0.15, 0.2) is 6.20 Å². The minimum absolute atomic E-state index is 0.572. The summed E-state index contributed by atoms with van der Waals surface area (Å²) >= 11 is 1.49. The van der Waals surface area contributed by atoms with Crippen molar-refractivity contribution in [2.45, 2.75) is 32.2 Å². The number of aliphatic carboxylic acids is 1. The SMILES string of the molecule is Cc1ncc(C(C)(C)C(N)C(=O)O)s1. The zero-order valence-corrected chi connectivity index (χ0v) is 9.26.